The molecule has 0 spiro atoms. The third-order valence-corrected chi connectivity index (χ3v) is 6.06. The van der Waals surface area contributed by atoms with Crippen LogP contribution in [0.4, 0.5) is 5.69 Å². The van der Waals surface area contributed by atoms with Gasteiger partial charge in [-0.15, -0.1) is 0 Å². The van der Waals surface area contributed by atoms with Crippen LogP contribution in [0.3, 0.4) is 0 Å². The van der Waals surface area contributed by atoms with E-state index in [4.69, 9.17) is 10.7 Å². The van der Waals surface area contributed by atoms with Crippen molar-refractivity contribution in [2.75, 3.05) is 51.2 Å². The molecule has 0 saturated carbocycles. The summed E-state index contributed by atoms with van der Waals surface area (Å²) in [6.07, 6.45) is 5.82. The number of unbranched alkanes of at least 4 members (excludes halogenated alkanes) is 1. The van der Waals surface area contributed by atoms with E-state index in [0.717, 1.165) is 87.9 Å². The second kappa shape index (κ2) is 10.2. The normalized spacial score (nSPS) is 15.3. The highest BCUT2D eigenvalue weighted by Gasteiger charge is 2.19. The van der Waals surface area contributed by atoms with E-state index in [1.165, 1.54) is 11.3 Å². The molecule has 166 valence electrons. The van der Waals surface area contributed by atoms with Gasteiger partial charge in [0.25, 0.3) is 0 Å². The van der Waals surface area contributed by atoms with Gasteiger partial charge in [0.15, 0.2) is 5.65 Å². The van der Waals surface area contributed by atoms with Crippen LogP contribution >= 0.6 is 0 Å². The number of aryl methyl sites for hydroxylation is 1. The van der Waals surface area contributed by atoms with Gasteiger partial charge in [-0.2, -0.15) is 0 Å². The number of aromatic amines is 1. The first-order chi connectivity index (χ1) is 15.1. The molecule has 0 radical (unpaired) electrons. The fourth-order valence-corrected chi connectivity index (χ4v) is 4.13. The molecule has 0 aromatic carbocycles. The van der Waals surface area contributed by atoms with Crippen LogP contribution in [0.15, 0.2) is 30.6 Å². The molecule has 3 N–H and O–H groups in total. The molecule has 0 amide bonds. The Morgan fingerprint density at radius 2 is 1.90 bits per heavy atom. The number of anilines is 1. The van der Waals surface area contributed by atoms with Crippen LogP contribution in [0.25, 0.3) is 11.2 Å². The molecule has 1 aliphatic rings. The number of rotatable bonds is 9. The van der Waals surface area contributed by atoms with Gasteiger partial charge in [-0.25, -0.2) is 9.97 Å². The predicted octanol–water partition coefficient (Wildman–Crippen LogP) is 2.15. The van der Waals surface area contributed by atoms with Crippen molar-refractivity contribution in [3.63, 3.8) is 0 Å². The number of nitrogens with one attached hydrogen (secondary N) is 1. The summed E-state index contributed by atoms with van der Waals surface area (Å²) in [6.45, 7) is 9.52. The van der Waals surface area contributed by atoms with E-state index in [2.05, 4.69) is 55.8 Å². The van der Waals surface area contributed by atoms with Crippen LogP contribution in [-0.4, -0.2) is 76.1 Å². The Hall–Kier alpha value is -2.55. The number of piperazine rings is 1. The lowest BCUT2D eigenvalue weighted by Crippen LogP contribution is -2.44. The highest BCUT2D eigenvalue weighted by Crippen LogP contribution is 2.25. The lowest BCUT2D eigenvalue weighted by molar-refractivity contribution is 0.243. The van der Waals surface area contributed by atoms with Crippen LogP contribution in [0.2, 0.25) is 0 Å². The zero-order chi connectivity index (χ0) is 21.6. The summed E-state index contributed by atoms with van der Waals surface area (Å²) in [5.74, 6) is 0.949. The smallest absolute Gasteiger partial charge is 0.179 e. The summed E-state index contributed by atoms with van der Waals surface area (Å²) < 4.78 is 0. The molecule has 1 fully saturated rings. The van der Waals surface area contributed by atoms with Crippen molar-refractivity contribution in [2.45, 2.75) is 32.9 Å². The monoisotopic (exact) mass is 422 g/mol. The van der Waals surface area contributed by atoms with E-state index >= 15 is 0 Å². The maximum Gasteiger partial charge on any atom is 0.179 e. The third-order valence-electron chi connectivity index (χ3n) is 6.06. The lowest BCUT2D eigenvalue weighted by atomic mass is 10.2. The largest absolute Gasteiger partial charge is 0.367 e. The Bertz CT molecular complexity index is 977. The number of hydrogen-bond donors (Lipinski definition) is 2. The Labute approximate surface area is 184 Å². The van der Waals surface area contributed by atoms with Crippen molar-refractivity contribution in [3.05, 3.63) is 47.7 Å². The first kappa shape index (κ1) is 21.7. The zero-order valence-electron chi connectivity index (χ0n) is 18.7. The van der Waals surface area contributed by atoms with Gasteiger partial charge in [-0.3, -0.25) is 9.88 Å². The Balaban J connectivity index is 1.54. The van der Waals surface area contributed by atoms with E-state index in [1.54, 1.807) is 0 Å². The van der Waals surface area contributed by atoms with Crippen molar-refractivity contribution in [1.82, 2.24) is 29.7 Å². The highest BCUT2D eigenvalue weighted by atomic mass is 15.3. The Morgan fingerprint density at radius 1 is 1.06 bits per heavy atom. The lowest BCUT2D eigenvalue weighted by Gasteiger charge is -2.34. The van der Waals surface area contributed by atoms with Crippen LogP contribution in [-0.2, 0) is 13.1 Å². The molecule has 0 unspecified atom stereocenters. The van der Waals surface area contributed by atoms with E-state index in [1.807, 2.05) is 18.5 Å². The number of imidazole rings is 1. The molecular formula is C23H34N8. The molecule has 31 heavy (non-hydrogen) atoms. The molecule has 0 bridgehead atoms. The average Bonchev–Trinajstić information content (AvgIpc) is 3.18. The van der Waals surface area contributed by atoms with Crippen LogP contribution in [0, 0.1) is 6.92 Å². The van der Waals surface area contributed by atoms with Gasteiger partial charge in [0.05, 0.1) is 17.9 Å². The molecule has 8 heteroatoms. The minimum atomic E-state index is 0.722. The van der Waals surface area contributed by atoms with Crippen molar-refractivity contribution >= 4 is 16.9 Å². The van der Waals surface area contributed by atoms with Gasteiger partial charge in [-0.1, -0.05) is 6.07 Å². The molecule has 1 saturated heterocycles. The molecule has 3 aromatic heterocycles. The fourth-order valence-electron chi connectivity index (χ4n) is 4.13. The van der Waals surface area contributed by atoms with E-state index in [-0.39, 0.29) is 0 Å². The van der Waals surface area contributed by atoms with Crippen LogP contribution in [0.5, 0.6) is 0 Å². The fraction of sp³-hybridized carbons (Fsp3) is 0.522. The maximum atomic E-state index is 5.73. The quantitative estimate of drug-likeness (QED) is 0.511. The van der Waals surface area contributed by atoms with Gasteiger partial charge in [0, 0.05) is 45.1 Å². The van der Waals surface area contributed by atoms with Crippen molar-refractivity contribution in [2.24, 2.45) is 5.73 Å². The van der Waals surface area contributed by atoms with E-state index in [9.17, 15) is 0 Å². The predicted molar refractivity (Wildman–Crippen MR) is 125 cm³/mol. The molecular weight excluding hydrogens is 388 g/mol. The average molecular weight is 423 g/mol. The summed E-state index contributed by atoms with van der Waals surface area (Å²) >= 11 is 0. The molecule has 3 aromatic rings. The van der Waals surface area contributed by atoms with Gasteiger partial charge in [0.2, 0.25) is 0 Å². The third kappa shape index (κ3) is 5.39. The molecule has 8 nitrogen and oxygen atoms in total. The Morgan fingerprint density at radius 3 is 2.68 bits per heavy atom. The van der Waals surface area contributed by atoms with Gasteiger partial charge < -0.3 is 20.5 Å². The van der Waals surface area contributed by atoms with Crippen molar-refractivity contribution < 1.29 is 0 Å². The van der Waals surface area contributed by atoms with E-state index in [0.29, 0.717) is 0 Å². The molecule has 0 aliphatic carbocycles. The summed E-state index contributed by atoms with van der Waals surface area (Å²) in [6, 6.07) is 6.21. The summed E-state index contributed by atoms with van der Waals surface area (Å²) in [4.78, 5) is 24.7. The minimum Gasteiger partial charge on any atom is -0.367 e. The number of nitrogens with two attached hydrogens (primary N) is 1. The number of aromatic nitrogens is 4. The first-order valence-corrected chi connectivity index (χ1v) is 11.2. The number of hydrogen-bond acceptors (Lipinski definition) is 7. The summed E-state index contributed by atoms with van der Waals surface area (Å²) in [5, 5.41) is 0. The summed E-state index contributed by atoms with van der Waals surface area (Å²) in [7, 11) is 2.18. The SMILES string of the molecule is Cc1cccnc1CN(CCCCN)Cc1nc2nccc(N3CCN(C)CC3)c2[nH]1. The first-order valence-electron chi connectivity index (χ1n) is 11.2. The van der Waals surface area contributed by atoms with Crippen molar-refractivity contribution in [3.8, 4) is 0 Å². The van der Waals surface area contributed by atoms with Gasteiger partial charge in [0.1, 0.15) is 11.3 Å². The zero-order valence-corrected chi connectivity index (χ0v) is 18.7. The highest BCUT2D eigenvalue weighted by molar-refractivity contribution is 5.86. The number of fused-ring (bicyclic) bond motifs is 1. The molecule has 1 aliphatic heterocycles. The molecule has 4 rings (SSSR count). The standard InChI is InChI=1S/C23H34N8/c1-18-6-5-9-25-19(18)16-30(11-4-3-8-24)17-21-27-22-20(7-10-26-23(22)28-21)31-14-12-29(2)13-15-31/h5-7,9-10H,3-4,8,11-17,24H2,1-2H3,(H,26,27,28). The maximum absolute atomic E-state index is 5.73. The number of pyridine rings is 2. The van der Waals surface area contributed by atoms with Gasteiger partial charge in [-0.05, 0) is 57.6 Å². The topological polar surface area (TPSA) is 90.2 Å². The number of H-pyrrole nitrogens is 1. The van der Waals surface area contributed by atoms with Crippen LogP contribution in [0.1, 0.15) is 29.9 Å². The second-order valence-electron chi connectivity index (χ2n) is 8.48. The number of nitrogens with zero attached hydrogens (tertiary/aromatic N) is 6. The van der Waals surface area contributed by atoms with E-state index < -0.39 is 0 Å². The molecule has 0 atom stereocenters. The number of likely N-dealkylation sites (N-methyl/N-ethyl adjacent to an activating group) is 1. The van der Waals surface area contributed by atoms with Crippen molar-refractivity contribution in [1.29, 1.82) is 0 Å². The molecule has 4 heterocycles. The minimum absolute atomic E-state index is 0.722. The van der Waals surface area contributed by atoms with Crippen LogP contribution < -0.4 is 10.6 Å². The Kier molecular flexibility index (Phi) is 7.11. The second-order valence-corrected chi connectivity index (χ2v) is 8.48. The van der Waals surface area contributed by atoms with Gasteiger partial charge >= 0.3 is 0 Å². The summed E-state index contributed by atoms with van der Waals surface area (Å²) in [5.41, 5.74) is 11.1.